The standard InChI is InChI=1S/C43H47F4N9O4/c44-32-23-30(49-34-12-14-37(57)52-41(34)60)11-13-35(32)55-21-17-36(43(46,47)25-55)54-19-15-26(16-20-54)40(59)50-28-7-9-29(10-8-28)51-42-48-24-33(45)39(53-42)27-4-3-5-31(22-27)56-18-2-1-6-38(56)58/h1-6,11,13,18,22-24,26,28-29,34,36,49H,7-10,12,14-17,19-21,25H2,(H,50,59)(H,48,51,53)(H,52,57,60). The van der Waals surface area contributed by atoms with Crippen LogP contribution in [0.3, 0.4) is 0 Å². The average molecular weight is 830 g/mol. The molecule has 4 N–H and O–H groups in total. The lowest BCUT2D eigenvalue weighted by Gasteiger charge is -2.46. The Morgan fingerprint density at radius 2 is 1.60 bits per heavy atom. The van der Waals surface area contributed by atoms with Gasteiger partial charge in [0.15, 0.2) is 5.82 Å². The second-order valence-electron chi connectivity index (χ2n) is 16.2. The number of hydrogen-bond donors (Lipinski definition) is 4. The van der Waals surface area contributed by atoms with Crippen LogP contribution in [-0.4, -0.2) is 93.4 Å². The molecular formula is C43H47F4N9O4. The van der Waals surface area contributed by atoms with E-state index in [1.54, 1.807) is 53.6 Å². The van der Waals surface area contributed by atoms with E-state index in [0.29, 0.717) is 55.7 Å². The lowest BCUT2D eigenvalue weighted by molar-refractivity contribution is -0.134. The first-order valence-corrected chi connectivity index (χ1v) is 20.5. The van der Waals surface area contributed by atoms with Crippen molar-refractivity contribution in [3.05, 3.63) is 95.0 Å². The van der Waals surface area contributed by atoms with E-state index >= 15 is 13.2 Å². The maximum absolute atomic E-state index is 15.7. The number of benzene rings is 2. The summed E-state index contributed by atoms with van der Waals surface area (Å²) in [5.41, 5.74) is 1.36. The fourth-order valence-corrected chi connectivity index (χ4v) is 8.91. The number of rotatable bonds is 10. The zero-order chi connectivity index (χ0) is 42.0. The molecule has 3 amide bonds. The Kier molecular flexibility index (Phi) is 11.9. The van der Waals surface area contributed by atoms with Crippen molar-refractivity contribution in [2.45, 2.75) is 87.9 Å². The molecule has 3 aliphatic heterocycles. The van der Waals surface area contributed by atoms with E-state index < -0.39 is 42.1 Å². The molecule has 2 aromatic carbocycles. The predicted molar refractivity (Wildman–Crippen MR) is 217 cm³/mol. The molecule has 4 aliphatic rings. The molecule has 4 fully saturated rings. The average Bonchev–Trinajstić information content (AvgIpc) is 3.23. The zero-order valence-electron chi connectivity index (χ0n) is 32.9. The van der Waals surface area contributed by atoms with Gasteiger partial charge in [-0.3, -0.25) is 34.0 Å². The van der Waals surface area contributed by atoms with Crippen LogP contribution in [0.5, 0.6) is 0 Å². The normalized spacial score (nSPS) is 23.8. The highest BCUT2D eigenvalue weighted by Gasteiger charge is 2.48. The summed E-state index contributed by atoms with van der Waals surface area (Å²) in [5, 5.41) is 11.7. The summed E-state index contributed by atoms with van der Waals surface area (Å²) in [6, 6.07) is 14.2. The van der Waals surface area contributed by atoms with E-state index in [9.17, 15) is 23.6 Å². The number of nitrogens with one attached hydrogen (secondary N) is 4. The lowest BCUT2D eigenvalue weighted by Crippen LogP contribution is -2.60. The smallest absolute Gasteiger partial charge is 0.280 e. The molecule has 0 radical (unpaired) electrons. The minimum atomic E-state index is -3.12. The lowest BCUT2D eigenvalue weighted by atomic mass is 9.89. The summed E-state index contributed by atoms with van der Waals surface area (Å²) in [6.45, 7) is 0.306. The van der Waals surface area contributed by atoms with Gasteiger partial charge in [-0.1, -0.05) is 18.2 Å². The Labute approximate surface area is 344 Å². The number of alkyl halides is 2. The number of hydrogen-bond acceptors (Lipinski definition) is 10. The molecule has 2 atom stereocenters. The van der Waals surface area contributed by atoms with Crippen molar-refractivity contribution in [3.8, 4) is 16.9 Å². The van der Waals surface area contributed by atoms with Gasteiger partial charge < -0.3 is 20.9 Å². The van der Waals surface area contributed by atoms with Gasteiger partial charge in [0.1, 0.15) is 17.6 Å². The zero-order valence-corrected chi connectivity index (χ0v) is 32.9. The molecule has 3 saturated heterocycles. The summed E-state index contributed by atoms with van der Waals surface area (Å²) in [6.07, 6.45) is 7.16. The molecule has 1 saturated carbocycles. The van der Waals surface area contributed by atoms with Gasteiger partial charge in [-0.05, 0) is 101 Å². The number of halogens is 4. The largest absolute Gasteiger partial charge is 0.374 e. The minimum absolute atomic E-state index is 0.0138. The van der Waals surface area contributed by atoms with E-state index in [0.717, 1.165) is 19.0 Å². The van der Waals surface area contributed by atoms with Gasteiger partial charge in [-0.2, -0.15) is 0 Å². The highest BCUT2D eigenvalue weighted by atomic mass is 19.3. The van der Waals surface area contributed by atoms with Crippen molar-refractivity contribution >= 4 is 35.0 Å². The topological polar surface area (TPSA) is 154 Å². The number of imide groups is 1. The van der Waals surface area contributed by atoms with Crippen molar-refractivity contribution < 1.29 is 31.9 Å². The molecule has 2 unspecified atom stereocenters. The van der Waals surface area contributed by atoms with Crippen LogP contribution in [0.1, 0.15) is 57.8 Å². The molecule has 2 aromatic heterocycles. The van der Waals surface area contributed by atoms with Gasteiger partial charge in [0.25, 0.3) is 11.5 Å². The van der Waals surface area contributed by atoms with Crippen molar-refractivity contribution in [1.82, 2.24) is 30.1 Å². The molecule has 17 heteroatoms. The second kappa shape index (κ2) is 17.4. The summed E-state index contributed by atoms with van der Waals surface area (Å²) in [4.78, 5) is 61.0. The van der Waals surface area contributed by atoms with Gasteiger partial charge >= 0.3 is 0 Å². The Morgan fingerprint density at radius 3 is 2.33 bits per heavy atom. The maximum Gasteiger partial charge on any atom is 0.280 e. The third-order valence-corrected chi connectivity index (χ3v) is 12.1. The van der Waals surface area contributed by atoms with Crippen LogP contribution in [0, 0.1) is 17.6 Å². The van der Waals surface area contributed by atoms with Crippen LogP contribution in [0.4, 0.5) is 34.9 Å². The molecule has 8 rings (SSSR count). The first-order chi connectivity index (χ1) is 28.9. The van der Waals surface area contributed by atoms with Crippen molar-refractivity contribution in [3.63, 3.8) is 0 Å². The molecular weight excluding hydrogens is 783 g/mol. The Hall–Kier alpha value is -5.84. The maximum atomic E-state index is 15.7. The number of carbonyl (C=O) groups is 3. The molecule has 0 spiro atoms. The SMILES string of the molecule is O=C1CCC(Nc2ccc(N3CCC(N4CCC(C(=O)NC5CCC(Nc6ncc(F)c(-c7cccc(-n8ccccc8=O)c7)n6)CC5)CC4)C(F)(F)C3)c(F)c2)C(=O)N1. The summed E-state index contributed by atoms with van der Waals surface area (Å²) in [7, 11) is 0. The third kappa shape index (κ3) is 9.15. The van der Waals surface area contributed by atoms with Crippen LogP contribution in [0.2, 0.25) is 0 Å². The van der Waals surface area contributed by atoms with Crippen LogP contribution in [0.25, 0.3) is 16.9 Å². The van der Waals surface area contributed by atoms with Gasteiger partial charge in [-0.15, -0.1) is 0 Å². The Bertz CT molecular complexity index is 2290. The van der Waals surface area contributed by atoms with Gasteiger partial charge in [0.2, 0.25) is 23.7 Å². The Balaban J connectivity index is 0.785. The van der Waals surface area contributed by atoms with Gasteiger partial charge in [-0.25, -0.2) is 27.5 Å². The Morgan fingerprint density at radius 1 is 0.817 bits per heavy atom. The van der Waals surface area contributed by atoms with E-state index in [1.165, 1.54) is 27.7 Å². The van der Waals surface area contributed by atoms with E-state index in [1.807, 2.05) is 0 Å². The molecule has 1 aliphatic carbocycles. The van der Waals surface area contributed by atoms with E-state index in [-0.39, 0.29) is 78.5 Å². The number of piperidine rings is 3. The molecule has 4 aromatic rings. The number of carbonyl (C=O) groups excluding carboxylic acids is 3. The molecule has 0 bridgehead atoms. The van der Waals surface area contributed by atoms with Crippen LogP contribution < -0.4 is 31.7 Å². The van der Waals surface area contributed by atoms with Crippen LogP contribution in [0.15, 0.2) is 77.9 Å². The predicted octanol–water partition coefficient (Wildman–Crippen LogP) is 5.26. The molecule has 316 valence electrons. The third-order valence-electron chi connectivity index (χ3n) is 12.1. The molecule has 60 heavy (non-hydrogen) atoms. The number of aromatic nitrogens is 3. The monoisotopic (exact) mass is 829 g/mol. The van der Waals surface area contributed by atoms with Crippen LogP contribution in [-0.2, 0) is 14.4 Å². The van der Waals surface area contributed by atoms with Crippen molar-refractivity contribution in [2.24, 2.45) is 5.92 Å². The summed E-state index contributed by atoms with van der Waals surface area (Å²) < 4.78 is 63.1. The summed E-state index contributed by atoms with van der Waals surface area (Å²) >= 11 is 0. The fraction of sp³-hybridized carbons (Fsp3) is 0.442. The first-order valence-electron chi connectivity index (χ1n) is 20.5. The van der Waals surface area contributed by atoms with E-state index in [2.05, 4.69) is 31.2 Å². The fourth-order valence-electron chi connectivity index (χ4n) is 8.91. The summed E-state index contributed by atoms with van der Waals surface area (Å²) in [5.74, 6) is -5.30. The number of likely N-dealkylation sites (tertiary alicyclic amines) is 1. The minimum Gasteiger partial charge on any atom is -0.374 e. The second-order valence-corrected chi connectivity index (χ2v) is 16.2. The number of anilines is 3. The van der Waals surface area contributed by atoms with E-state index in [4.69, 9.17) is 0 Å². The highest BCUT2D eigenvalue weighted by molar-refractivity contribution is 6.01. The molecule has 5 heterocycles. The van der Waals surface area contributed by atoms with Gasteiger partial charge in [0.05, 0.1) is 24.5 Å². The van der Waals surface area contributed by atoms with Crippen LogP contribution >= 0.6 is 0 Å². The van der Waals surface area contributed by atoms with Crippen molar-refractivity contribution in [2.75, 3.05) is 41.7 Å². The number of nitrogens with zero attached hydrogens (tertiary/aromatic N) is 5. The van der Waals surface area contributed by atoms with Crippen molar-refractivity contribution in [1.29, 1.82) is 0 Å². The van der Waals surface area contributed by atoms with Gasteiger partial charge in [0, 0.05) is 60.2 Å². The quantitative estimate of drug-likeness (QED) is 0.123. The number of amides is 3. The highest BCUT2D eigenvalue weighted by Crippen LogP contribution is 2.37. The first kappa shape index (κ1) is 40.9. The molecule has 13 nitrogen and oxygen atoms in total. The number of pyridine rings is 1.